The minimum atomic E-state index is -0.395. The van der Waals surface area contributed by atoms with E-state index in [4.69, 9.17) is 41.9 Å². The van der Waals surface area contributed by atoms with Crippen LogP contribution in [0.2, 0.25) is 10.0 Å². The molecule has 3 saturated heterocycles. The van der Waals surface area contributed by atoms with Gasteiger partial charge in [-0.15, -0.1) is 0 Å². The number of amides is 5. The van der Waals surface area contributed by atoms with Crippen molar-refractivity contribution < 1.29 is 32.4 Å². The van der Waals surface area contributed by atoms with Crippen molar-refractivity contribution in [1.82, 2.24) is 39.4 Å². The Hall–Kier alpha value is -7.19. The number of piperazine rings is 2. The van der Waals surface area contributed by atoms with E-state index in [0.29, 0.717) is 47.4 Å². The minimum absolute atomic E-state index is 0.0698. The number of carbonyl (C=O) groups excluding carboxylic acids is 4. The van der Waals surface area contributed by atoms with Crippen molar-refractivity contribution in [2.75, 3.05) is 112 Å². The number of urea groups is 2. The molecule has 3 aliphatic rings. The van der Waals surface area contributed by atoms with Gasteiger partial charge in [-0.25, -0.2) is 19.6 Å². The first-order valence-electron chi connectivity index (χ1n) is 29.6. The van der Waals surface area contributed by atoms with Gasteiger partial charge in [0.05, 0.1) is 12.4 Å². The molecule has 6 heterocycles. The molecule has 0 radical (unpaired) electrons. The molecular formula is C65H85Cl2N11O7. The zero-order valence-electron chi connectivity index (χ0n) is 50.3. The van der Waals surface area contributed by atoms with Crippen LogP contribution >= 0.6 is 23.2 Å². The van der Waals surface area contributed by atoms with Gasteiger partial charge in [0.25, 0.3) is 5.91 Å². The van der Waals surface area contributed by atoms with Crippen LogP contribution in [0.1, 0.15) is 82.1 Å². The van der Waals surface area contributed by atoms with E-state index in [0.717, 1.165) is 137 Å². The van der Waals surface area contributed by atoms with Crippen LogP contribution < -0.4 is 0 Å². The second-order valence-electron chi connectivity index (χ2n) is 20.8. The Morgan fingerprint density at radius 1 is 0.588 bits per heavy atom. The number of benzene rings is 3. The molecule has 18 nitrogen and oxygen atoms in total. The highest BCUT2D eigenvalue weighted by molar-refractivity contribution is 6.31. The molecule has 0 bridgehead atoms. The molecule has 3 aromatic carbocycles. The maximum Gasteiger partial charge on any atom is 0.347 e. The van der Waals surface area contributed by atoms with Crippen LogP contribution in [0.3, 0.4) is 0 Å². The zero-order chi connectivity index (χ0) is 60.9. The highest BCUT2D eigenvalue weighted by atomic mass is 35.5. The number of nitrogens with one attached hydrogen (secondary N) is 1. The normalized spacial score (nSPS) is 15.1. The molecular weight excluding hydrogens is 1120 g/mol. The molecule has 85 heavy (non-hydrogen) atoms. The zero-order valence-corrected chi connectivity index (χ0v) is 51.9. The Balaban J connectivity index is 0.000000551. The summed E-state index contributed by atoms with van der Waals surface area (Å²) >= 11 is 11.8. The first-order valence-corrected chi connectivity index (χ1v) is 30.4. The van der Waals surface area contributed by atoms with Crippen LogP contribution in [0.5, 0.6) is 0 Å². The number of furan rings is 3. The van der Waals surface area contributed by atoms with Gasteiger partial charge in [-0.2, -0.15) is 10.2 Å². The molecule has 1 N–H and O–H groups in total. The fraction of sp³-hybridized carbons (Fsp3) is 0.431. The Labute approximate surface area is 512 Å². The lowest BCUT2D eigenvalue weighted by Crippen LogP contribution is -2.47. The third-order valence-corrected chi connectivity index (χ3v) is 15.0. The summed E-state index contributed by atoms with van der Waals surface area (Å²) in [6, 6.07) is 33.4. The molecule has 3 aromatic heterocycles. The Morgan fingerprint density at radius 2 is 1.00 bits per heavy atom. The van der Waals surface area contributed by atoms with Crippen molar-refractivity contribution in [2.45, 2.75) is 73.1 Å². The van der Waals surface area contributed by atoms with E-state index >= 15 is 0 Å². The van der Waals surface area contributed by atoms with Gasteiger partial charge < -0.3 is 48.0 Å². The molecule has 0 aliphatic carbocycles. The number of hydrazone groups is 2. The van der Waals surface area contributed by atoms with E-state index in [9.17, 15) is 19.2 Å². The van der Waals surface area contributed by atoms with Crippen LogP contribution in [-0.4, -0.2) is 194 Å². The van der Waals surface area contributed by atoms with Gasteiger partial charge in [0, 0.05) is 99.2 Å². The van der Waals surface area contributed by atoms with E-state index in [1.165, 1.54) is 52.0 Å². The number of unbranched alkanes of at least 4 members (excludes halogenated alkanes) is 3. The van der Waals surface area contributed by atoms with Crippen molar-refractivity contribution in [3.8, 4) is 34.0 Å². The number of aldehydes is 1. The van der Waals surface area contributed by atoms with Crippen molar-refractivity contribution in [1.29, 1.82) is 5.41 Å². The summed E-state index contributed by atoms with van der Waals surface area (Å²) in [6.45, 7) is 23.2. The molecule has 3 fully saturated rings. The smallest absolute Gasteiger partial charge is 0.347 e. The fourth-order valence-corrected chi connectivity index (χ4v) is 10.0. The molecule has 0 saturated carbocycles. The van der Waals surface area contributed by atoms with Crippen LogP contribution in [0.25, 0.3) is 34.0 Å². The molecule has 20 heteroatoms. The Kier molecular flexibility index (Phi) is 28.3. The lowest BCUT2D eigenvalue weighted by Gasteiger charge is -2.36. The average Bonchev–Trinajstić information content (AvgIpc) is 4.08. The van der Waals surface area contributed by atoms with Crippen molar-refractivity contribution in [2.24, 2.45) is 10.2 Å². The maximum absolute atomic E-state index is 13.1. The molecule has 456 valence electrons. The molecule has 0 atom stereocenters. The number of hydrogen-bond acceptors (Lipinski definition) is 14. The Bertz CT molecular complexity index is 3020. The molecule has 5 amide bonds. The molecule has 6 aromatic rings. The maximum atomic E-state index is 13.1. The highest BCUT2D eigenvalue weighted by Gasteiger charge is 2.35. The van der Waals surface area contributed by atoms with E-state index in [1.54, 1.807) is 43.1 Å². The summed E-state index contributed by atoms with van der Waals surface area (Å²) in [5.41, 5.74) is 4.06. The third-order valence-electron chi connectivity index (χ3n) is 14.5. The number of halogens is 2. The average molecular weight is 1200 g/mol. The van der Waals surface area contributed by atoms with Gasteiger partial charge in [0.1, 0.15) is 53.9 Å². The van der Waals surface area contributed by atoms with E-state index < -0.39 is 6.03 Å². The van der Waals surface area contributed by atoms with E-state index in [1.807, 2.05) is 113 Å². The third kappa shape index (κ3) is 22.0. The summed E-state index contributed by atoms with van der Waals surface area (Å²) in [5, 5.41) is 18.4. The highest BCUT2D eigenvalue weighted by Crippen LogP contribution is 2.26. The number of hydrogen-bond donors (Lipinski definition) is 1. The van der Waals surface area contributed by atoms with Crippen LogP contribution in [0, 0.1) is 19.3 Å². The summed E-state index contributed by atoms with van der Waals surface area (Å²) < 4.78 is 17.2. The minimum Gasteiger partial charge on any atom is -0.461 e. The fourth-order valence-electron chi connectivity index (χ4n) is 9.75. The topological polar surface area (TPSA) is 182 Å². The monoisotopic (exact) mass is 1200 g/mol. The lowest BCUT2D eigenvalue weighted by atomic mass is 10.1. The van der Waals surface area contributed by atoms with Gasteiger partial charge in [-0.05, 0) is 177 Å². The summed E-state index contributed by atoms with van der Waals surface area (Å²) in [4.78, 5) is 63.2. The summed E-state index contributed by atoms with van der Waals surface area (Å²) in [6.07, 6.45) is 10.8. The number of aryl methyl sites for hydroxylation is 2. The summed E-state index contributed by atoms with van der Waals surface area (Å²) in [5.74, 6) is 3.94. The van der Waals surface area contributed by atoms with E-state index in [-0.39, 0.29) is 25.0 Å². The van der Waals surface area contributed by atoms with Crippen molar-refractivity contribution >= 4 is 66.1 Å². The summed E-state index contributed by atoms with van der Waals surface area (Å²) in [7, 11) is 1.75. The number of carbonyl (C=O) groups is 4. The van der Waals surface area contributed by atoms with Gasteiger partial charge in [-0.1, -0.05) is 66.9 Å². The van der Waals surface area contributed by atoms with Crippen molar-refractivity contribution in [3.05, 3.63) is 142 Å². The first-order chi connectivity index (χ1) is 41.3. The molecule has 0 spiro atoms. The molecule has 9 rings (SSSR count). The molecule has 3 aliphatic heterocycles. The van der Waals surface area contributed by atoms with Crippen LogP contribution in [0.15, 0.2) is 133 Å². The standard InChI is InChI=1S/C50H65ClN10O6.C11H9ClO.C2H5N.C2H6/c1-40-9-11-41(12-10-40)46-19-17-44(66-46)37-52-60(35-36-62)49(64)54(2)21-3-4-22-55-27-29-56(30-28-55)23-5-6-24-57-31-33-58(34-32-57)25-7-8-26-59-48(63)39-61(50(59)65)53-38-45-18-20-47(67-45)42-13-15-43(51)16-14-42;1-8-2-7-11(13-8)9-3-5-10(12)6-4-9;1-2-3;1-2/h9-20,36-38H,3-8,21-35,39H2,1-2H3;2-7H,1H3;2-3H,1H3;1-2H3/b52-37+,53-38+;;;. The largest absolute Gasteiger partial charge is 0.461 e. The Morgan fingerprint density at radius 3 is 1.45 bits per heavy atom. The van der Waals surface area contributed by atoms with Gasteiger partial charge in [-0.3, -0.25) is 9.69 Å². The number of rotatable bonds is 24. The van der Waals surface area contributed by atoms with Crippen molar-refractivity contribution in [3.63, 3.8) is 0 Å². The lowest BCUT2D eigenvalue weighted by molar-refractivity contribution is -0.125. The predicted molar refractivity (Wildman–Crippen MR) is 341 cm³/mol. The van der Waals surface area contributed by atoms with Crippen LogP contribution in [0.4, 0.5) is 9.59 Å². The van der Waals surface area contributed by atoms with Gasteiger partial charge in [0.15, 0.2) is 0 Å². The first kappa shape index (κ1) is 66.9. The van der Waals surface area contributed by atoms with E-state index in [2.05, 4.69) is 29.8 Å². The van der Waals surface area contributed by atoms with Gasteiger partial charge in [0.2, 0.25) is 0 Å². The number of nitrogens with zero attached hydrogens (tertiary/aromatic N) is 10. The SMILES string of the molecule is CC.CC=N.Cc1ccc(-c2ccc(/C=N/N(CC=O)C(=O)N(C)CCCCN3CCN(CCCCN4CCN(CCCCN5C(=O)CN(/N=C/c6ccc(-c7ccc(Cl)cc7)o6)C5=O)CC4)CC3)o2)cc1.Cc1ccc(-c2ccc(Cl)cc2)o1. The van der Waals surface area contributed by atoms with Crippen LogP contribution in [-0.2, 0) is 9.59 Å². The second-order valence-corrected chi connectivity index (χ2v) is 21.7. The van der Waals surface area contributed by atoms with Gasteiger partial charge >= 0.3 is 12.1 Å². The molecule has 0 unspecified atom stereocenters. The number of imide groups is 1. The quantitative estimate of drug-likeness (QED) is 0.0200. The predicted octanol–water partition coefficient (Wildman–Crippen LogP) is 12.5. The second kappa shape index (κ2) is 36.0.